The average Bonchev–Trinajstić information content (AvgIpc) is 2.44. The Morgan fingerprint density at radius 3 is 2.68 bits per heavy atom. The molecule has 2 rings (SSSR count). The summed E-state index contributed by atoms with van der Waals surface area (Å²) in [6.07, 6.45) is 1.71. The molecule has 4 nitrogen and oxygen atoms in total. The minimum atomic E-state index is -0.188. The second-order valence-electron chi connectivity index (χ2n) is 4.35. The zero-order chi connectivity index (χ0) is 13.5. The Morgan fingerprint density at radius 1 is 1.11 bits per heavy atom. The maximum atomic E-state index is 11.6. The molecule has 2 aromatic rings. The zero-order valence-electron chi connectivity index (χ0n) is 10.9. The van der Waals surface area contributed by atoms with Gasteiger partial charge in [-0.1, -0.05) is 35.9 Å². The van der Waals surface area contributed by atoms with Crippen LogP contribution in [0.3, 0.4) is 0 Å². The molecule has 0 fully saturated rings. The summed E-state index contributed by atoms with van der Waals surface area (Å²) in [6.45, 7) is 2.99. The van der Waals surface area contributed by atoms with Crippen molar-refractivity contribution in [2.75, 3.05) is 0 Å². The van der Waals surface area contributed by atoms with E-state index in [1.807, 2.05) is 43.3 Å². The Balaban J connectivity index is 1.76. The van der Waals surface area contributed by atoms with Gasteiger partial charge in [0, 0.05) is 12.7 Å². The topological polar surface area (TPSA) is 54.0 Å². The van der Waals surface area contributed by atoms with Gasteiger partial charge in [-0.3, -0.25) is 4.98 Å². The van der Waals surface area contributed by atoms with Crippen LogP contribution in [0.15, 0.2) is 48.7 Å². The first-order valence-corrected chi connectivity index (χ1v) is 6.21. The van der Waals surface area contributed by atoms with Crippen molar-refractivity contribution >= 4 is 6.03 Å². The normalized spacial score (nSPS) is 9.95. The molecule has 0 saturated heterocycles. The molecule has 1 aromatic heterocycles. The molecular weight excluding hydrogens is 238 g/mol. The highest BCUT2D eigenvalue weighted by Gasteiger charge is 2.01. The van der Waals surface area contributed by atoms with Crippen LogP contribution < -0.4 is 10.6 Å². The molecule has 2 amide bonds. The van der Waals surface area contributed by atoms with Gasteiger partial charge < -0.3 is 10.6 Å². The van der Waals surface area contributed by atoms with E-state index >= 15 is 0 Å². The maximum Gasteiger partial charge on any atom is 0.315 e. The zero-order valence-corrected chi connectivity index (χ0v) is 10.9. The number of nitrogens with one attached hydrogen (secondary N) is 2. The van der Waals surface area contributed by atoms with Crippen LogP contribution in [0.4, 0.5) is 4.79 Å². The van der Waals surface area contributed by atoms with Crippen molar-refractivity contribution in [3.8, 4) is 0 Å². The molecule has 19 heavy (non-hydrogen) atoms. The van der Waals surface area contributed by atoms with Crippen LogP contribution in [-0.4, -0.2) is 11.0 Å². The van der Waals surface area contributed by atoms with Gasteiger partial charge in [0.2, 0.25) is 0 Å². The fourth-order valence-corrected chi connectivity index (χ4v) is 1.74. The summed E-state index contributed by atoms with van der Waals surface area (Å²) in [5, 5.41) is 5.59. The number of aromatic nitrogens is 1. The molecule has 0 spiro atoms. The van der Waals surface area contributed by atoms with Crippen LogP contribution in [0.5, 0.6) is 0 Å². The molecule has 0 bridgehead atoms. The molecule has 4 heteroatoms. The van der Waals surface area contributed by atoms with Crippen molar-refractivity contribution in [1.82, 2.24) is 15.6 Å². The molecule has 0 atom stereocenters. The lowest BCUT2D eigenvalue weighted by atomic mass is 10.1. The Labute approximate surface area is 112 Å². The summed E-state index contributed by atoms with van der Waals surface area (Å²) in [6, 6.07) is 13.5. The molecule has 0 aliphatic carbocycles. The van der Waals surface area contributed by atoms with Gasteiger partial charge in [0.25, 0.3) is 0 Å². The first-order valence-electron chi connectivity index (χ1n) is 6.21. The van der Waals surface area contributed by atoms with Crippen molar-refractivity contribution in [3.05, 3.63) is 65.5 Å². The third kappa shape index (κ3) is 4.43. The number of urea groups is 1. The van der Waals surface area contributed by atoms with Gasteiger partial charge in [-0.2, -0.15) is 0 Å². The molecule has 0 aliphatic rings. The largest absolute Gasteiger partial charge is 0.334 e. The van der Waals surface area contributed by atoms with Crippen LogP contribution in [0.2, 0.25) is 0 Å². The molecule has 0 radical (unpaired) electrons. The lowest BCUT2D eigenvalue weighted by Gasteiger charge is -2.07. The fraction of sp³-hybridized carbons (Fsp3) is 0.200. The SMILES string of the molecule is Cc1cccc(CNC(=O)NCc2ccccn2)c1. The van der Waals surface area contributed by atoms with Gasteiger partial charge in [-0.25, -0.2) is 4.79 Å². The second-order valence-corrected chi connectivity index (χ2v) is 4.35. The highest BCUT2D eigenvalue weighted by Crippen LogP contribution is 2.03. The number of rotatable bonds is 4. The van der Waals surface area contributed by atoms with Crippen LogP contribution >= 0.6 is 0 Å². The van der Waals surface area contributed by atoms with E-state index in [-0.39, 0.29) is 6.03 Å². The number of carbonyl (C=O) groups is 1. The fourth-order valence-electron chi connectivity index (χ4n) is 1.74. The standard InChI is InChI=1S/C15H17N3O/c1-12-5-4-6-13(9-12)10-17-15(19)18-11-14-7-2-3-8-16-14/h2-9H,10-11H2,1H3,(H2,17,18,19). The number of amides is 2. The summed E-state index contributed by atoms with van der Waals surface area (Å²) in [4.78, 5) is 15.8. The van der Waals surface area contributed by atoms with Gasteiger partial charge in [0.1, 0.15) is 0 Å². The Kier molecular flexibility index (Phi) is 4.50. The van der Waals surface area contributed by atoms with Crippen molar-refractivity contribution < 1.29 is 4.79 Å². The summed E-state index contributed by atoms with van der Waals surface area (Å²) in [5.41, 5.74) is 3.12. The van der Waals surface area contributed by atoms with E-state index in [2.05, 4.69) is 21.7 Å². The quantitative estimate of drug-likeness (QED) is 0.881. The highest BCUT2D eigenvalue weighted by molar-refractivity contribution is 5.73. The van der Waals surface area contributed by atoms with Crippen molar-refractivity contribution in [1.29, 1.82) is 0 Å². The molecule has 2 N–H and O–H groups in total. The predicted molar refractivity (Wildman–Crippen MR) is 74.5 cm³/mol. The number of nitrogens with zero attached hydrogens (tertiary/aromatic N) is 1. The van der Waals surface area contributed by atoms with Crippen LogP contribution in [-0.2, 0) is 13.1 Å². The van der Waals surface area contributed by atoms with E-state index < -0.39 is 0 Å². The number of hydrogen-bond donors (Lipinski definition) is 2. The van der Waals surface area contributed by atoms with Crippen LogP contribution in [0.1, 0.15) is 16.8 Å². The Hall–Kier alpha value is -2.36. The van der Waals surface area contributed by atoms with Crippen LogP contribution in [0, 0.1) is 6.92 Å². The minimum absolute atomic E-state index is 0.188. The van der Waals surface area contributed by atoms with Gasteiger partial charge in [-0.15, -0.1) is 0 Å². The number of hydrogen-bond acceptors (Lipinski definition) is 2. The van der Waals surface area contributed by atoms with E-state index in [1.54, 1.807) is 6.20 Å². The summed E-state index contributed by atoms with van der Waals surface area (Å²) < 4.78 is 0. The number of carbonyl (C=O) groups excluding carboxylic acids is 1. The molecule has 1 heterocycles. The van der Waals surface area contributed by atoms with E-state index in [0.29, 0.717) is 13.1 Å². The molecule has 0 aliphatic heterocycles. The second kappa shape index (κ2) is 6.54. The molecule has 1 aromatic carbocycles. The first kappa shape index (κ1) is 13.1. The summed E-state index contributed by atoms with van der Waals surface area (Å²) in [7, 11) is 0. The third-order valence-corrected chi connectivity index (χ3v) is 2.69. The van der Waals surface area contributed by atoms with Crippen molar-refractivity contribution in [2.24, 2.45) is 0 Å². The highest BCUT2D eigenvalue weighted by atomic mass is 16.2. The molecule has 98 valence electrons. The van der Waals surface area contributed by atoms with E-state index in [9.17, 15) is 4.79 Å². The smallest absolute Gasteiger partial charge is 0.315 e. The minimum Gasteiger partial charge on any atom is -0.334 e. The lowest BCUT2D eigenvalue weighted by Crippen LogP contribution is -2.34. The average molecular weight is 255 g/mol. The third-order valence-electron chi connectivity index (χ3n) is 2.69. The summed E-state index contributed by atoms with van der Waals surface area (Å²) >= 11 is 0. The summed E-state index contributed by atoms with van der Waals surface area (Å²) in [5.74, 6) is 0. The van der Waals surface area contributed by atoms with E-state index in [0.717, 1.165) is 11.3 Å². The first-order chi connectivity index (χ1) is 9.24. The van der Waals surface area contributed by atoms with Crippen LogP contribution in [0.25, 0.3) is 0 Å². The predicted octanol–water partition coefficient (Wildman–Crippen LogP) is 2.39. The number of aryl methyl sites for hydroxylation is 1. The van der Waals surface area contributed by atoms with Gasteiger partial charge in [0.15, 0.2) is 0 Å². The Morgan fingerprint density at radius 2 is 1.95 bits per heavy atom. The maximum absolute atomic E-state index is 11.6. The van der Waals surface area contributed by atoms with Gasteiger partial charge in [0.05, 0.1) is 12.2 Å². The molecular formula is C15H17N3O. The lowest BCUT2D eigenvalue weighted by molar-refractivity contribution is 0.240. The molecule has 0 saturated carbocycles. The number of benzene rings is 1. The Bertz CT molecular complexity index is 540. The number of pyridine rings is 1. The monoisotopic (exact) mass is 255 g/mol. The molecule has 0 unspecified atom stereocenters. The van der Waals surface area contributed by atoms with Crippen molar-refractivity contribution in [2.45, 2.75) is 20.0 Å². The van der Waals surface area contributed by atoms with Crippen molar-refractivity contribution in [3.63, 3.8) is 0 Å². The van der Waals surface area contributed by atoms with Gasteiger partial charge in [-0.05, 0) is 24.6 Å². The van der Waals surface area contributed by atoms with E-state index in [4.69, 9.17) is 0 Å². The van der Waals surface area contributed by atoms with Gasteiger partial charge >= 0.3 is 6.03 Å². The van der Waals surface area contributed by atoms with E-state index in [1.165, 1.54) is 5.56 Å².